The van der Waals surface area contributed by atoms with Gasteiger partial charge in [-0.15, -0.1) is 0 Å². The van der Waals surface area contributed by atoms with Crippen LogP contribution < -0.4 is 5.32 Å². The van der Waals surface area contributed by atoms with Crippen LogP contribution in [0.3, 0.4) is 0 Å². The van der Waals surface area contributed by atoms with Crippen molar-refractivity contribution in [3.63, 3.8) is 0 Å². The van der Waals surface area contributed by atoms with Crippen LogP contribution in [-0.2, 0) is 20.0 Å². The summed E-state index contributed by atoms with van der Waals surface area (Å²) in [5, 5.41) is 16.9. The minimum atomic E-state index is -0.305. The van der Waals surface area contributed by atoms with E-state index in [1.165, 1.54) is 6.07 Å². The van der Waals surface area contributed by atoms with Crippen LogP contribution in [0, 0.1) is 0 Å². The van der Waals surface area contributed by atoms with Gasteiger partial charge in [0.25, 0.3) is 5.91 Å². The average molecular weight is 338 g/mol. The third-order valence-corrected chi connectivity index (χ3v) is 3.46. The van der Waals surface area contributed by atoms with Crippen molar-refractivity contribution in [3.05, 3.63) is 45.7 Å². The lowest BCUT2D eigenvalue weighted by Gasteiger charge is -2.07. The zero-order chi connectivity index (χ0) is 14.7. The van der Waals surface area contributed by atoms with Crippen molar-refractivity contribution < 1.29 is 9.90 Å². The molecule has 2 N–H and O–H groups in total. The highest BCUT2D eigenvalue weighted by molar-refractivity contribution is 9.10. The Labute approximate surface area is 125 Å². The van der Waals surface area contributed by atoms with Gasteiger partial charge in [0.2, 0.25) is 0 Å². The lowest BCUT2D eigenvalue weighted by Crippen LogP contribution is -2.23. The van der Waals surface area contributed by atoms with E-state index in [0.29, 0.717) is 6.54 Å². The predicted molar refractivity (Wildman–Crippen MR) is 79.6 cm³/mol. The zero-order valence-corrected chi connectivity index (χ0v) is 12.9. The molecule has 0 fully saturated rings. The first-order valence-electron chi connectivity index (χ1n) is 6.29. The minimum Gasteiger partial charge on any atom is -0.507 e. The van der Waals surface area contributed by atoms with Gasteiger partial charge in [0.05, 0.1) is 11.3 Å². The number of nitrogens with one attached hydrogen (secondary N) is 1. The first-order valence-corrected chi connectivity index (χ1v) is 7.08. The lowest BCUT2D eigenvalue weighted by atomic mass is 10.1. The van der Waals surface area contributed by atoms with Crippen molar-refractivity contribution in [2.75, 3.05) is 0 Å². The van der Waals surface area contributed by atoms with Crippen molar-refractivity contribution in [1.82, 2.24) is 15.1 Å². The summed E-state index contributed by atoms with van der Waals surface area (Å²) < 4.78 is 2.46. The number of nitrogens with zero attached hydrogens (tertiary/aromatic N) is 2. The van der Waals surface area contributed by atoms with Crippen LogP contribution in [0.2, 0.25) is 0 Å². The fourth-order valence-corrected chi connectivity index (χ4v) is 2.35. The molecular formula is C14H16BrN3O2. The second-order valence-electron chi connectivity index (χ2n) is 4.47. The van der Waals surface area contributed by atoms with E-state index >= 15 is 0 Å². The fourth-order valence-electron chi connectivity index (χ4n) is 2.00. The Balaban J connectivity index is 2.08. The molecule has 0 unspecified atom stereocenters. The van der Waals surface area contributed by atoms with Crippen LogP contribution in [0.25, 0.3) is 0 Å². The summed E-state index contributed by atoms with van der Waals surface area (Å²) in [5.74, 6) is -0.348. The number of rotatable bonds is 4. The Hall–Kier alpha value is -1.82. The molecule has 2 rings (SSSR count). The van der Waals surface area contributed by atoms with E-state index in [1.54, 1.807) is 16.8 Å². The molecular weight excluding hydrogens is 322 g/mol. The van der Waals surface area contributed by atoms with Gasteiger partial charge in [-0.25, -0.2) is 0 Å². The number of halogens is 1. The van der Waals surface area contributed by atoms with Crippen molar-refractivity contribution in [2.24, 2.45) is 7.05 Å². The van der Waals surface area contributed by atoms with E-state index < -0.39 is 0 Å². The maximum absolute atomic E-state index is 12.0. The molecule has 1 heterocycles. The van der Waals surface area contributed by atoms with Gasteiger partial charge < -0.3 is 10.4 Å². The molecule has 0 aliphatic carbocycles. The van der Waals surface area contributed by atoms with E-state index in [0.717, 1.165) is 22.2 Å². The molecule has 1 amide bonds. The number of phenolic OH excluding ortho intramolecular Hbond substituents is 1. The normalized spacial score (nSPS) is 10.6. The zero-order valence-electron chi connectivity index (χ0n) is 11.4. The third-order valence-electron chi connectivity index (χ3n) is 2.97. The summed E-state index contributed by atoms with van der Waals surface area (Å²) in [7, 11) is 1.85. The van der Waals surface area contributed by atoms with Gasteiger partial charge in [-0.1, -0.05) is 22.9 Å². The molecule has 0 radical (unpaired) electrons. The number of aryl methyl sites for hydroxylation is 2. The van der Waals surface area contributed by atoms with Crippen molar-refractivity contribution >= 4 is 21.8 Å². The number of carbonyl (C=O) groups excluding carboxylic acids is 1. The average Bonchev–Trinajstić information content (AvgIpc) is 2.76. The second kappa shape index (κ2) is 6.09. The van der Waals surface area contributed by atoms with E-state index in [4.69, 9.17) is 0 Å². The summed E-state index contributed by atoms with van der Waals surface area (Å²) in [5.41, 5.74) is 2.21. The fraction of sp³-hybridized carbons (Fsp3) is 0.286. The van der Waals surface area contributed by atoms with Gasteiger partial charge in [0.15, 0.2) is 0 Å². The second-order valence-corrected chi connectivity index (χ2v) is 5.39. The molecule has 1 aromatic heterocycles. The number of aromatic hydroxyl groups is 1. The number of benzene rings is 1. The lowest BCUT2D eigenvalue weighted by molar-refractivity contribution is 0.0948. The topological polar surface area (TPSA) is 67.2 Å². The van der Waals surface area contributed by atoms with Crippen LogP contribution in [0.4, 0.5) is 0 Å². The highest BCUT2D eigenvalue weighted by Crippen LogP contribution is 2.22. The molecule has 0 spiro atoms. The van der Waals surface area contributed by atoms with Crippen molar-refractivity contribution in [3.8, 4) is 5.75 Å². The molecule has 0 bridgehead atoms. The van der Waals surface area contributed by atoms with Gasteiger partial charge in [0.1, 0.15) is 5.75 Å². The number of amides is 1. The standard InChI is InChI=1S/C14H16BrN3O2/c1-3-12-9(8-18(2)17-12)7-16-14(20)11-5-4-10(15)6-13(11)19/h4-6,8,19H,3,7H2,1-2H3,(H,16,20). The van der Waals surface area contributed by atoms with Gasteiger partial charge in [0, 0.05) is 29.8 Å². The molecule has 20 heavy (non-hydrogen) atoms. The molecule has 106 valence electrons. The van der Waals surface area contributed by atoms with Crippen LogP contribution in [0.5, 0.6) is 5.75 Å². The number of aromatic nitrogens is 2. The van der Waals surface area contributed by atoms with Gasteiger partial charge in [-0.3, -0.25) is 9.48 Å². The SMILES string of the molecule is CCc1nn(C)cc1CNC(=O)c1ccc(Br)cc1O. The molecule has 2 aromatic rings. The summed E-state index contributed by atoms with van der Waals surface area (Å²) in [6.45, 7) is 2.42. The summed E-state index contributed by atoms with van der Waals surface area (Å²) >= 11 is 3.24. The number of phenols is 1. The summed E-state index contributed by atoms with van der Waals surface area (Å²) in [4.78, 5) is 12.0. The molecule has 0 saturated carbocycles. The predicted octanol–water partition coefficient (Wildman–Crippen LogP) is 2.38. The number of hydrogen-bond acceptors (Lipinski definition) is 3. The Morgan fingerprint density at radius 2 is 2.25 bits per heavy atom. The molecule has 0 saturated heterocycles. The molecule has 1 aromatic carbocycles. The Bertz CT molecular complexity index is 637. The monoisotopic (exact) mass is 337 g/mol. The van der Waals surface area contributed by atoms with Gasteiger partial charge >= 0.3 is 0 Å². The molecule has 5 nitrogen and oxygen atoms in total. The van der Waals surface area contributed by atoms with E-state index in [9.17, 15) is 9.90 Å². The largest absolute Gasteiger partial charge is 0.507 e. The Kier molecular flexibility index (Phi) is 4.44. The maximum Gasteiger partial charge on any atom is 0.255 e. The first kappa shape index (κ1) is 14.6. The summed E-state index contributed by atoms with van der Waals surface area (Å²) in [6, 6.07) is 4.80. The van der Waals surface area contributed by atoms with Crippen LogP contribution >= 0.6 is 15.9 Å². The molecule has 0 aliphatic heterocycles. The molecule has 6 heteroatoms. The molecule has 0 aliphatic rings. The first-order chi connectivity index (χ1) is 9.51. The highest BCUT2D eigenvalue weighted by atomic mass is 79.9. The quantitative estimate of drug-likeness (QED) is 0.900. The summed E-state index contributed by atoms with van der Waals surface area (Å²) in [6.07, 6.45) is 2.70. The van der Waals surface area contributed by atoms with Crippen molar-refractivity contribution in [1.29, 1.82) is 0 Å². The van der Waals surface area contributed by atoms with E-state index in [1.807, 2.05) is 20.2 Å². The van der Waals surface area contributed by atoms with Crippen LogP contribution in [-0.4, -0.2) is 20.8 Å². The smallest absolute Gasteiger partial charge is 0.255 e. The number of carbonyl (C=O) groups is 1. The Morgan fingerprint density at radius 3 is 2.90 bits per heavy atom. The minimum absolute atomic E-state index is 0.0428. The van der Waals surface area contributed by atoms with Gasteiger partial charge in [-0.05, 0) is 24.6 Å². The van der Waals surface area contributed by atoms with Gasteiger partial charge in [-0.2, -0.15) is 5.10 Å². The van der Waals surface area contributed by atoms with E-state index in [2.05, 4.69) is 26.3 Å². The van der Waals surface area contributed by atoms with E-state index in [-0.39, 0.29) is 17.2 Å². The maximum atomic E-state index is 12.0. The highest BCUT2D eigenvalue weighted by Gasteiger charge is 2.12. The van der Waals surface area contributed by atoms with Crippen LogP contribution in [0.1, 0.15) is 28.5 Å². The molecule has 0 atom stereocenters. The van der Waals surface area contributed by atoms with Crippen molar-refractivity contribution in [2.45, 2.75) is 19.9 Å². The third kappa shape index (κ3) is 3.19. The van der Waals surface area contributed by atoms with Crippen LogP contribution in [0.15, 0.2) is 28.9 Å². The Morgan fingerprint density at radius 1 is 1.50 bits per heavy atom. The number of hydrogen-bond donors (Lipinski definition) is 2.